The van der Waals surface area contributed by atoms with Crippen LogP contribution in [0.2, 0.25) is 0 Å². The van der Waals surface area contributed by atoms with E-state index in [4.69, 9.17) is 27.4 Å². The molecule has 14 N–H and O–H groups in total. The second-order valence-electron chi connectivity index (χ2n) is 10.8. The number of nitrogens with one attached hydrogen (secondary N) is 6. The Hall–Kier alpha value is -3.78. The number of rotatable bonds is 25. The molecule has 0 spiro atoms. The highest BCUT2D eigenvalue weighted by Gasteiger charge is 2.31. The molecule has 0 saturated carbocycles. The summed E-state index contributed by atoms with van der Waals surface area (Å²) in [6.07, 6.45) is 7.62. The summed E-state index contributed by atoms with van der Waals surface area (Å²) in [5, 5.41) is 30.6. The number of carbonyl (C=O) groups excluding carboxylic acids is 5. The van der Waals surface area contributed by atoms with Crippen molar-refractivity contribution in [3.05, 3.63) is 18.2 Å². The molecule has 0 aliphatic carbocycles. The molecule has 18 nitrogen and oxygen atoms in total. The molecule has 266 valence electrons. The van der Waals surface area contributed by atoms with E-state index in [1.165, 1.54) is 24.3 Å². The van der Waals surface area contributed by atoms with Crippen molar-refractivity contribution < 1.29 is 39.0 Å². The molecule has 0 fully saturated rings. The zero-order chi connectivity index (χ0) is 35.2. The van der Waals surface area contributed by atoms with Crippen molar-refractivity contribution >= 4 is 47.3 Å². The van der Waals surface area contributed by atoms with E-state index >= 15 is 0 Å². The molecule has 0 bridgehead atoms. The molecule has 1 aromatic rings. The zero-order valence-corrected chi connectivity index (χ0v) is 27.5. The number of nitrogens with zero attached hydrogens (tertiary/aromatic N) is 1. The van der Waals surface area contributed by atoms with Crippen LogP contribution in [0.3, 0.4) is 0 Å². The number of H-pyrrole nitrogens is 1. The van der Waals surface area contributed by atoms with Crippen molar-refractivity contribution in [3.63, 3.8) is 0 Å². The number of aliphatic carboxylic acids is 1. The van der Waals surface area contributed by atoms with E-state index < -0.39 is 78.9 Å². The molecule has 5 atom stereocenters. The van der Waals surface area contributed by atoms with Crippen molar-refractivity contribution in [2.24, 2.45) is 17.2 Å². The number of aromatic amines is 1. The first-order chi connectivity index (χ1) is 22.5. The molecule has 0 aliphatic heterocycles. The topological polar surface area (TPSA) is 310 Å². The molecular formula is C28H50N10O8S. The third-order valence-electron chi connectivity index (χ3n) is 6.98. The SMILES string of the molecule is CSCC[C@H](N)C(=O)N[C@@H](CCCCN)C(=O)N[C@@H](Cc1cnc[nH]1)C(=O)N[C@@H](CCCCN)C(=O)NCC(=O)N[C@@H](CO)C(=O)O. The predicted octanol–water partition coefficient (Wildman–Crippen LogP) is -3.58. The first kappa shape index (κ1) is 41.2. The fraction of sp³-hybridized carbons (Fsp3) is 0.679. The summed E-state index contributed by atoms with van der Waals surface area (Å²) in [5.41, 5.74) is 17.7. The lowest BCUT2D eigenvalue weighted by molar-refractivity contribution is -0.142. The normalized spacial score (nSPS) is 14.1. The summed E-state index contributed by atoms with van der Waals surface area (Å²) in [6, 6.07) is -5.75. The van der Waals surface area contributed by atoms with Crippen molar-refractivity contribution in [1.82, 2.24) is 36.6 Å². The Morgan fingerprint density at radius 2 is 1.40 bits per heavy atom. The molecule has 19 heteroatoms. The van der Waals surface area contributed by atoms with Gasteiger partial charge in [-0.05, 0) is 70.0 Å². The first-order valence-electron chi connectivity index (χ1n) is 15.4. The smallest absolute Gasteiger partial charge is 0.328 e. The Labute approximate surface area is 277 Å². The number of amides is 5. The summed E-state index contributed by atoms with van der Waals surface area (Å²) in [7, 11) is 0. The Balaban J connectivity index is 3.12. The zero-order valence-electron chi connectivity index (χ0n) is 26.7. The minimum absolute atomic E-state index is 0.0362. The molecule has 0 aromatic carbocycles. The van der Waals surface area contributed by atoms with Crippen molar-refractivity contribution in [1.29, 1.82) is 0 Å². The molecule has 5 amide bonds. The lowest BCUT2D eigenvalue weighted by Crippen LogP contribution is -2.58. The van der Waals surface area contributed by atoms with Crippen LogP contribution in [0.15, 0.2) is 12.5 Å². The number of carboxylic acid groups (broad SMARTS) is 1. The second kappa shape index (κ2) is 23.5. The molecule has 47 heavy (non-hydrogen) atoms. The number of aromatic nitrogens is 2. The van der Waals surface area contributed by atoms with Gasteiger partial charge >= 0.3 is 5.97 Å². The number of thioether (sulfide) groups is 1. The average molecular weight is 687 g/mol. The van der Waals surface area contributed by atoms with Crippen LogP contribution in [0.1, 0.15) is 50.6 Å². The van der Waals surface area contributed by atoms with Gasteiger partial charge in [-0.25, -0.2) is 9.78 Å². The van der Waals surface area contributed by atoms with Gasteiger partial charge < -0.3 is 59.0 Å². The quantitative estimate of drug-likeness (QED) is 0.0444. The summed E-state index contributed by atoms with van der Waals surface area (Å²) in [5.74, 6) is -4.27. The monoisotopic (exact) mass is 686 g/mol. The largest absolute Gasteiger partial charge is 0.480 e. The van der Waals surface area contributed by atoms with Crippen molar-refractivity contribution in [2.75, 3.05) is 38.2 Å². The van der Waals surface area contributed by atoms with Gasteiger partial charge in [0.15, 0.2) is 0 Å². The Morgan fingerprint density at radius 3 is 1.94 bits per heavy atom. The molecule has 1 aromatic heterocycles. The number of imidazole rings is 1. The number of aliphatic hydroxyl groups is 1. The summed E-state index contributed by atoms with van der Waals surface area (Å²) >= 11 is 1.53. The second-order valence-corrected chi connectivity index (χ2v) is 11.8. The van der Waals surface area contributed by atoms with E-state index in [0.29, 0.717) is 56.6 Å². The van der Waals surface area contributed by atoms with Gasteiger partial charge in [0.25, 0.3) is 0 Å². The number of aliphatic hydroxyl groups excluding tert-OH is 1. The van der Waals surface area contributed by atoms with E-state index in [9.17, 15) is 28.8 Å². The average Bonchev–Trinajstić information content (AvgIpc) is 3.56. The molecule has 0 saturated heterocycles. The van der Waals surface area contributed by atoms with E-state index in [2.05, 4.69) is 36.6 Å². The first-order valence-corrected chi connectivity index (χ1v) is 16.8. The van der Waals surface area contributed by atoms with E-state index in [-0.39, 0.29) is 19.3 Å². The molecule has 0 unspecified atom stereocenters. The van der Waals surface area contributed by atoms with Crippen LogP contribution < -0.4 is 43.8 Å². The maximum absolute atomic E-state index is 13.6. The maximum Gasteiger partial charge on any atom is 0.328 e. The fourth-order valence-corrected chi connectivity index (χ4v) is 4.76. The van der Waals surface area contributed by atoms with Crippen molar-refractivity contribution in [2.45, 2.75) is 81.6 Å². The number of carbonyl (C=O) groups is 6. The highest BCUT2D eigenvalue weighted by molar-refractivity contribution is 7.98. The standard InChI is InChI=1S/C28H50N10O8S/c1-47-11-8-18(31)24(41)36-20(7-3-5-10-30)26(43)38-21(12-17-13-32-16-34-17)27(44)37-19(6-2-4-9-29)25(42)33-14-23(40)35-22(15-39)28(45)46/h13,16,18-22,39H,2-12,14-15,29-31H2,1H3,(H,32,34)(H,33,42)(H,35,40)(H,36,41)(H,37,44)(H,38,43)(H,45,46)/t18-,19-,20-,21-,22-/m0/s1. The van der Waals surface area contributed by atoms with Gasteiger partial charge in [0, 0.05) is 18.3 Å². The van der Waals surface area contributed by atoms with Gasteiger partial charge in [-0.1, -0.05) is 0 Å². The number of hydrogen-bond acceptors (Lipinski definition) is 12. The van der Waals surface area contributed by atoms with Gasteiger partial charge in [-0.2, -0.15) is 11.8 Å². The number of hydrogen-bond donors (Lipinski definition) is 11. The lowest BCUT2D eigenvalue weighted by Gasteiger charge is -2.26. The lowest BCUT2D eigenvalue weighted by atomic mass is 10.0. The van der Waals surface area contributed by atoms with Crippen LogP contribution in [0.25, 0.3) is 0 Å². The Bertz CT molecular complexity index is 1130. The highest BCUT2D eigenvalue weighted by Crippen LogP contribution is 2.08. The van der Waals surface area contributed by atoms with Crippen LogP contribution in [0, 0.1) is 0 Å². The number of nitrogens with two attached hydrogens (primary N) is 3. The third kappa shape index (κ3) is 16.6. The third-order valence-corrected chi connectivity index (χ3v) is 7.62. The van der Waals surface area contributed by atoms with Gasteiger partial charge in [0.05, 0.1) is 25.5 Å². The van der Waals surface area contributed by atoms with E-state index in [1.807, 2.05) is 6.26 Å². The summed E-state index contributed by atoms with van der Waals surface area (Å²) < 4.78 is 0. The summed E-state index contributed by atoms with van der Waals surface area (Å²) in [6.45, 7) is -0.752. The Morgan fingerprint density at radius 1 is 0.830 bits per heavy atom. The molecule has 1 rings (SSSR count). The Kier molecular flexibility index (Phi) is 20.6. The fourth-order valence-electron chi connectivity index (χ4n) is 4.27. The van der Waals surface area contributed by atoms with Crippen LogP contribution in [-0.2, 0) is 35.2 Å². The number of carboxylic acids is 1. The van der Waals surface area contributed by atoms with E-state index in [1.54, 1.807) is 0 Å². The van der Waals surface area contributed by atoms with Gasteiger partial charge in [-0.3, -0.25) is 24.0 Å². The van der Waals surface area contributed by atoms with Crippen molar-refractivity contribution in [3.8, 4) is 0 Å². The van der Waals surface area contributed by atoms with Gasteiger partial charge in [0.2, 0.25) is 29.5 Å². The molecule has 0 radical (unpaired) electrons. The maximum atomic E-state index is 13.6. The molecular weight excluding hydrogens is 636 g/mol. The van der Waals surface area contributed by atoms with E-state index in [0.717, 1.165) is 0 Å². The minimum Gasteiger partial charge on any atom is -0.480 e. The predicted molar refractivity (Wildman–Crippen MR) is 175 cm³/mol. The minimum atomic E-state index is -1.55. The van der Waals surface area contributed by atoms with Crippen LogP contribution >= 0.6 is 11.8 Å². The van der Waals surface area contributed by atoms with Crippen LogP contribution in [0.4, 0.5) is 0 Å². The van der Waals surface area contributed by atoms with Crippen LogP contribution in [-0.4, -0.2) is 124 Å². The number of unbranched alkanes of at least 4 members (excludes halogenated alkanes) is 2. The van der Waals surface area contributed by atoms with Crippen LogP contribution in [0.5, 0.6) is 0 Å². The van der Waals surface area contributed by atoms with Gasteiger partial charge in [-0.15, -0.1) is 0 Å². The van der Waals surface area contributed by atoms with Gasteiger partial charge in [0.1, 0.15) is 24.2 Å². The summed E-state index contributed by atoms with van der Waals surface area (Å²) in [4.78, 5) is 83.0. The highest BCUT2D eigenvalue weighted by atomic mass is 32.2. The molecule has 1 heterocycles. The molecule has 0 aliphatic rings.